The topological polar surface area (TPSA) is 26.3 Å². The van der Waals surface area contributed by atoms with Gasteiger partial charge in [-0.3, -0.25) is 0 Å². The highest BCUT2D eigenvalue weighted by Crippen LogP contribution is 2.34. The molecule has 3 heteroatoms. The van der Waals surface area contributed by atoms with Gasteiger partial charge in [0.1, 0.15) is 0 Å². The van der Waals surface area contributed by atoms with E-state index in [1.807, 2.05) is 37.3 Å². The van der Waals surface area contributed by atoms with Gasteiger partial charge in [0.05, 0.1) is 15.2 Å². The largest absolute Gasteiger partial charge is 0.466 e. The molecule has 2 aromatic carbocycles. The lowest BCUT2D eigenvalue weighted by Crippen LogP contribution is -2.49. The van der Waals surface area contributed by atoms with Gasteiger partial charge >= 0.3 is 5.97 Å². The Morgan fingerprint density at radius 1 is 1.00 bits per heavy atom. The highest BCUT2D eigenvalue weighted by Gasteiger charge is 2.39. The Labute approximate surface area is 139 Å². The SMILES string of the molecule is C/C=C(/C(=O)OC)[C@@H](c1ccccc1)[Si](C)(C)c1ccccc1. The van der Waals surface area contributed by atoms with Gasteiger partial charge in [-0.1, -0.05) is 85.0 Å². The minimum atomic E-state index is -1.98. The molecule has 2 nitrogen and oxygen atoms in total. The molecule has 23 heavy (non-hydrogen) atoms. The van der Waals surface area contributed by atoms with Crippen LogP contribution in [0.15, 0.2) is 72.3 Å². The number of benzene rings is 2. The van der Waals surface area contributed by atoms with Crippen molar-refractivity contribution in [3.8, 4) is 0 Å². The van der Waals surface area contributed by atoms with Crippen molar-refractivity contribution in [2.45, 2.75) is 25.6 Å². The van der Waals surface area contributed by atoms with E-state index in [2.05, 4.69) is 49.5 Å². The minimum Gasteiger partial charge on any atom is -0.466 e. The van der Waals surface area contributed by atoms with E-state index in [4.69, 9.17) is 4.74 Å². The quantitative estimate of drug-likeness (QED) is 0.471. The van der Waals surface area contributed by atoms with Crippen molar-refractivity contribution in [2.75, 3.05) is 7.11 Å². The normalized spacial score (nSPS) is 13.5. The second kappa shape index (κ2) is 7.42. The number of hydrogen-bond acceptors (Lipinski definition) is 2. The summed E-state index contributed by atoms with van der Waals surface area (Å²) in [5.41, 5.74) is 1.98. The Hall–Kier alpha value is -2.13. The Morgan fingerprint density at radius 2 is 1.52 bits per heavy atom. The van der Waals surface area contributed by atoms with E-state index >= 15 is 0 Å². The van der Waals surface area contributed by atoms with Crippen molar-refractivity contribution in [1.82, 2.24) is 0 Å². The predicted octanol–water partition coefficient (Wildman–Crippen LogP) is 4.04. The maximum atomic E-state index is 12.4. The molecular formula is C20H24O2Si. The lowest BCUT2D eigenvalue weighted by atomic mass is 10.0. The summed E-state index contributed by atoms with van der Waals surface area (Å²) in [6.45, 7) is 6.54. The summed E-state index contributed by atoms with van der Waals surface area (Å²) in [6, 6.07) is 20.8. The zero-order valence-corrected chi connectivity index (χ0v) is 15.2. The van der Waals surface area contributed by atoms with Crippen LogP contribution >= 0.6 is 0 Å². The van der Waals surface area contributed by atoms with Crippen LogP contribution in [0.25, 0.3) is 0 Å². The Balaban J connectivity index is 2.61. The molecule has 0 aliphatic carbocycles. The summed E-state index contributed by atoms with van der Waals surface area (Å²) in [5, 5.41) is 1.33. The first-order chi connectivity index (χ1) is 11.0. The molecule has 0 amide bonds. The zero-order valence-electron chi connectivity index (χ0n) is 14.2. The molecule has 0 N–H and O–H groups in total. The standard InChI is InChI=1S/C20H24O2Si/c1-5-18(20(21)22-2)19(16-12-8-6-9-13-16)23(3,4)17-14-10-7-11-15-17/h5-15,19H,1-4H3/b18-5+/t19-/m1/s1. The lowest BCUT2D eigenvalue weighted by molar-refractivity contribution is -0.136. The van der Waals surface area contributed by atoms with Crippen molar-refractivity contribution in [2.24, 2.45) is 0 Å². The van der Waals surface area contributed by atoms with E-state index in [1.165, 1.54) is 17.9 Å². The molecule has 0 radical (unpaired) electrons. The summed E-state index contributed by atoms with van der Waals surface area (Å²) in [5.74, 6) is -0.238. The van der Waals surface area contributed by atoms with Crippen LogP contribution in [0.1, 0.15) is 18.0 Å². The molecule has 0 heterocycles. The van der Waals surface area contributed by atoms with Crippen LogP contribution in [0.3, 0.4) is 0 Å². The Morgan fingerprint density at radius 3 is 2.00 bits per heavy atom. The Bertz CT molecular complexity index is 675. The van der Waals surface area contributed by atoms with Crippen LogP contribution in [0.4, 0.5) is 0 Å². The molecule has 120 valence electrons. The van der Waals surface area contributed by atoms with Crippen molar-refractivity contribution < 1.29 is 9.53 Å². The molecule has 0 aliphatic rings. The van der Waals surface area contributed by atoms with E-state index in [-0.39, 0.29) is 11.5 Å². The number of ether oxygens (including phenoxy) is 1. The highest BCUT2D eigenvalue weighted by atomic mass is 28.3. The second-order valence-corrected chi connectivity index (χ2v) is 10.8. The van der Waals surface area contributed by atoms with Crippen LogP contribution in [-0.2, 0) is 9.53 Å². The van der Waals surface area contributed by atoms with Crippen molar-refractivity contribution in [3.63, 3.8) is 0 Å². The van der Waals surface area contributed by atoms with E-state index < -0.39 is 8.07 Å². The van der Waals surface area contributed by atoms with Gasteiger partial charge in [0.25, 0.3) is 0 Å². The van der Waals surface area contributed by atoms with Crippen molar-refractivity contribution >= 4 is 19.2 Å². The van der Waals surface area contributed by atoms with Gasteiger partial charge in [0, 0.05) is 11.1 Å². The predicted molar refractivity (Wildman–Crippen MR) is 98.5 cm³/mol. The van der Waals surface area contributed by atoms with Gasteiger partial charge in [-0.05, 0) is 12.5 Å². The summed E-state index contributed by atoms with van der Waals surface area (Å²) in [4.78, 5) is 12.4. The van der Waals surface area contributed by atoms with Crippen LogP contribution in [0, 0.1) is 0 Å². The van der Waals surface area contributed by atoms with Gasteiger partial charge in [-0.2, -0.15) is 0 Å². The van der Waals surface area contributed by atoms with Gasteiger partial charge in [0.15, 0.2) is 0 Å². The fraction of sp³-hybridized carbons (Fsp3) is 0.250. The van der Waals surface area contributed by atoms with E-state index in [0.29, 0.717) is 0 Å². The monoisotopic (exact) mass is 324 g/mol. The molecular weight excluding hydrogens is 300 g/mol. The summed E-state index contributed by atoms with van der Waals surface area (Å²) in [6.07, 6.45) is 1.90. The molecule has 0 unspecified atom stereocenters. The van der Waals surface area contributed by atoms with Crippen LogP contribution in [0.2, 0.25) is 13.1 Å². The Kier molecular flexibility index (Phi) is 5.56. The first-order valence-electron chi connectivity index (χ1n) is 7.87. The molecule has 1 atom stereocenters. The first-order valence-corrected chi connectivity index (χ1v) is 10.9. The van der Waals surface area contributed by atoms with Crippen molar-refractivity contribution in [3.05, 3.63) is 77.9 Å². The average molecular weight is 324 g/mol. The van der Waals surface area contributed by atoms with E-state index in [0.717, 1.165) is 5.57 Å². The molecule has 2 aromatic rings. The van der Waals surface area contributed by atoms with E-state index in [9.17, 15) is 4.79 Å². The van der Waals surface area contributed by atoms with Crippen molar-refractivity contribution in [1.29, 1.82) is 0 Å². The number of hydrogen-bond donors (Lipinski definition) is 0. The highest BCUT2D eigenvalue weighted by molar-refractivity contribution is 6.91. The summed E-state index contributed by atoms with van der Waals surface area (Å²) in [7, 11) is -0.533. The lowest BCUT2D eigenvalue weighted by Gasteiger charge is -2.34. The number of carbonyl (C=O) groups excluding carboxylic acids is 1. The fourth-order valence-corrected chi connectivity index (χ4v) is 6.66. The van der Waals surface area contributed by atoms with Crippen LogP contribution < -0.4 is 5.19 Å². The third kappa shape index (κ3) is 3.62. The summed E-state index contributed by atoms with van der Waals surface area (Å²) < 4.78 is 5.05. The smallest absolute Gasteiger partial charge is 0.333 e. The number of methoxy groups -OCH3 is 1. The van der Waals surface area contributed by atoms with E-state index in [1.54, 1.807) is 0 Å². The van der Waals surface area contributed by atoms with Gasteiger partial charge in [-0.25, -0.2) is 4.79 Å². The molecule has 0 saturated carbocycles. The average Bonchev–Trinajstić information content (AvgIpc) is 2.60. The second-order valence-electron chi connectivity index (χ2n) is 6.17. The molecule has 2 rings (SSSR count). The third-order valence-corrected chi connectivity index (χ3v) is 8.32. The molecule has 0 spiro atoms. The minimum absolute atomic E-state index is 0.0588. The third-order valence-electron chi connectivity index (χ3n) is 4.42. The maximum Gasteiger partial charge on any atom is 0.333 e. The number of esters is 1. The molecule has 0 aromatic heterocycles. The van der Waals surface area contributed by atoms with Gasteiger partial charge < -0.3 is 4.74 Å². The number of allylic oxidation sites excluding steroid dienone is 1. The molecule has 0 bridgehead atoms. The van der Waals surface area contributed by atoms with Gasteiger partial charge in [0.2, 0.25) is 0 Å². The van der Waals surface area contributed by atoms with Crippen LogP contribution in [-0.4, -0.2) is 21.2 Å². The summed E-state index contributed by atoms with van der Waals surface area (Å²) >= 11 is 0. The zero-order chi connectivity index (χ0) is 16.9. The fourth-order valence-electron chi connectivity index (χ4n) is 3.19. The number of rotatable bonds is 5. The van der Waals surface area contributed by atoms with Gasteiger partial charge in [-0.15, -0.1) is 0 Å². The molecule has 0 saturated heterocycles. The molecule has 0 aliphatic heterocycles. The number of carbonyl (C=O) groups is 1. The maximum absolute atomic E-state index is 12.4. The molecule has 0 fully saturated rings. The first kappa shape index (κ1) is 17.2. The van der Waals surface area contributed by atoms with Crippen LogP contribution in [0.5, 0.6) is 0 Å².